The minimum absolute atomic E-state index is 0.102. The summed E-state index contributed by atoms with van der Waals surface area (Å²) in [6.07, 6.45) is 1.65. The molecule has 0 radical (unpaired) electrons. The summed E-state index contributed by atoms with van der Waals surface area (Å²) in [5.74, 6) is -0.781. The van der Waals surface area contributed by atoms with Crippen molar-refractivity contribution < 1.29 is 14.3 Å². The molecule has 0 saturated heterocycles. The molecular weight excluding hydrogens is 392 g/mol. The number of nitrogens with zero attached hydrogens (tertiary/aromatic N) is 4. The Bertz CT molecular complexity index is 1040. The third-order valence-corrected chi connectivity index (χ3v) is 4.79. The summed E-state index contributed by atoms with van der Waals surface area (Å²) in [4.78, 5) is 31.4. The number of carbonyl (C=O) groups is 2. The van der Waals surface area contributed by atoms with Crippen LogP contribution in [0.2, 0.25) is 5.02 Å². The van der Waals surface area contributed by atoms with Crippen molar-refractivity contribution >= 4 is 34.5 Å². The number of aromatic nitrogens is 3. The van der Waals surface area contributed by atoms with E-state index in [4.69, 9.17) is 16.3 Å². The van der Waals surface area contributed by atoms with E-state index in [9.17, 15) is 9.59 Å². The highest BCUT2D eigenvalue weighted by atomic mass is 35.5. The van der Waals surface area contributed by atoms with Gasteiger partial charge in [-0.3, -0.25) is 9.59 Å². The van der Waals surface area contributed by atoms with Gasteiger partial charge >= 0.3 is 5.97 Å². The van der Waals surface area contributed by atoms with Gasteiger partial charge in [-0.15, -0.1) is 0 Å². The van der Waals surface area contributed by atoms with Crippen molar-refractivity contribution in [2.45, 2.75) is 33.4 Å². The number of aryl methyl sites for hydroxylation is 1. The van der Waals surface area contributed by atoms with Crippen LogP contribution in [0.25, 0.3) is 11.0 Å². The average molecular weight is 415 g/mol. The topological polar surface area (TPSA) is 77.3 Å². The zero-order valence-corrected chi connectivity index (χ0v) is 17.6. The number of esters is 1. The Morgan fingerprint density at radius 3 is 2.55 bits per heavy atom. The molecule has 1 aromatic carbocycles. The monoisotopic (exact) mass is 414 g/mol. The van der Waals surface area contributed by atoms with Crippen LogP contribution in [0.3, 0.4) is 0 Å². The quantitative estimate of drug-likeness (QED) is 0.573. The molecule has 0 unspecified atom stereocenters. The molecule has 7 nitrogen and oxygen atoms in total. The van der Waals surface area contributed by atoms with E-state index in [1.54, 1.807) is 29.1 Å². The first kappa shape index (κ1) is 20.8. The van der Waals surface area contributed by atoms with E-state index in [0.717, 1.165) is 5.56 Å². The van der Waals surface area contributed by atoms with E-state index in [1.807, 2.05) is 32.9 Å². The van der Waals surface area contributed by atoms with Crippen molar-refractivity contribution in [3.05, 3.63) is 58.4 Å². The lowest BCUT2D eigenvalue weighted by molar-refractivity contribution is -0.141. The first-order chi connectivity index (χ1) is 13.8. The number of carbonyl (C=O) groups excluding carboxylic acids is 2. The number of hydrogen-bond acceptors (Lipinski definition) is 5. The molecule has 2 heterocycles. The van der Waals surface area contributed by atoms with Crippen molar-refractivity contribution in [2.24, 2.45) is 0 Å². The Morgan fingerprint density at radius 2 is 1.93 bits per heavy atom. The van der Waals surface area contributed by atoms with Gasteiger partial charge in [0.25, 0.3) is 5.91 Å². The number of methoxy groups -OCH3 is 1. The molecule has 0 N–H and O–H groups in total. The van der Waals surface area contributed by atoms with Crippen molar-refractivity contribution in [1.29, 1.82) is 0 Å². The number of halogens is 1. The van der Waals surface area contributed by atoms with Crippen LogP contribution < -0.4 is 0 Å². The first-order valence-corrected chi connectivity index (χ1v) is 9.63. The molecule has 29 heavy (non-hydrogen) atoms. The summed E-state index contributed by atoms with van der Waals surface area (Å²) in [6, 6.07) is 8.97. The lowest BCUT2D eigenvalue weighted by Gasteiger charge is -2.22. The van der Waals surface area contributed by atoms with E-state index in [1.165, 1.54) is 12.0 Å². The highest BCUT2D eigenvalue weighted by Gasteiger charge is 2.24. The molecule has 8 heteroatoms. The molecule has 0 aliphatic carbocycles. The lowest BCUT2D eigenvalue weighted by atomic mass is 10.1. The van der Waals surface area contributed by atoms with Crippen molar-refractivity contribution in [3.8, 4) is 0 Å². The second kappa shape index (κ2) is 8.61. The molecule has 3 aromatic rings. The summed E-state index contributed by atoms with van der Waals surface area (Å²) < 4.78 is 6.57. The predicted octanol–water partition coefficient (Wildman–Crippen LogP) is 3.79. The van der Waals surface area contributed by atoms with Crippen molar-refractivity contribution in [1.82, 2.24) is 19.7 Å². The number of amides is 1. The van der Waals surface area contributed by atoms with Gasteiger partial charge in [0.2, 0.25) is 0 Å². The first-order valence-electron chi connectivity index (χ1n) is 9.25. The van der Waals surface area contributed by atoms with Gasteiger partial charge in [-0.25, -0.2) is 9.67 Å². The van der Waals surface area contributed by atoms with Crippen LogP contribution in [-0.2, 0) is 16.1 Å². The standard InChI is InChI=1S/C21H23ClN4O3/c1-13(2)26-20-18(10-23-26)17(9-14(3)24-20)21(28)25(12-19(27)29-4)11-15-5-7-16(22)8-6-15/h5-10,13H,11-12H2,1-4H3. The number of pyridine rings is 1. The summed E-state index contributed by atoms with van der Waals surface area (Å²) >= 11 is 5.95. The summed E-state index contributed by atoms with van der Waals surface area (Å²) in [7, 11) is 1.30. The fourth-order valence-electron chi connectivity index (χ4n) is 3.10. The number of ether oxygens (including phenoxy) is 1. The van der Waals surface area contributed by atoms with E-state index >= 15 is 0 Å². The number of rotatable bonds is 6. The SMILES string of the molecule is COC(=O)CN(Cc1ccc(Cl)cc1)C(=O)c1cc(C)nc2c1cnn2C(C)C. The normalized spacial score (nSPS) is 11.1. The van der Waals surface area contributed by atoms with Gasteiger partial charge in [0.1, 0.15) is 6.54 Å². The zero-order chi connectivity index (χ0) is 21.1. The summed E-state index contributed by atoms with van der Waals surface area (Å²) in [5, 5.41) is 5.64. The van der Waals surface area contributed by atoms with Crippen LogP contribution in [0.15, 0.2) is 36.5 Å². The van der Waals surface area contributed by atoms with Crippen molar-refractivity contribution in [2.75, 3.05) is 13.7 Å². The van der Waals surface area contributed by atoms with Gasteiger partial charge < -0.3 is 9.64 Å². The van der Waals surface area contributed by atoms with E-state index in [-0.39, 0.29) is 25.0 Å². The molecule has 0 aliphatic rings. The minimum Gasteiger partial charge on any atom is -0.468 e. The molecule has 1 amide bonds. The van der Waals surface area contributed by atoms with Crippen molar-refractivity contribution in [3.63, 3.8) is 0 Å². The Balaban J connectivity index is 2.02. The molecular formula is C21H23ClN4O3. The Morgan fingerprint density at radius 1 is 1.24 bits per heavy atom. The maximum Gasteiger partial charge on any atom is 0.325 e. The summed E-state index contributed by atoms with van der Waals surface area (Å²) in [6.45, 7) is 5.91. The van der Waals surface area contributed by atoms with Crippen LogP contribution in [0.5, 0.6) is 0 Å². The number of benzene rings is 1. The molecule has 0 aliphatic heterocycles. The van der Waals surface area contributed by atoms with Gasteiger partial charge in [0.15, 0.2) is 5.65 Å². The smallest absolute Gasteiger partial charge is 0.325 e. The van der Waals surface area contributed by atoms with Crippen LogP contribution in [0.4, 0.5) is 0 Å². The van der Waals surface area contributed by atoms with E-state index in [0.29, 0.717) is 27.3 Å². The van der Waals surface area contributed by atoms with Crippen LogP contribution in [0, 0.1) is 6.92 Å². The molecule has 0 spiro atoms. The number of hydrogen-bond donors (Lipinski definition) is 0. The highest BCUT2D eigenvalue weighted by molar-refractivity contribution is 6.30. The maximum atomic E-state index is 13.4. The third-order valence-electron chi connectivity index (χ3n) is 4.54. The van der Waals surface area contributed by atoms with Gasteiger partial charge in [-0.05, 0) is 44.5 Å². The van der Waals surface area contributed by atoms with E-state index < -0.39 is 5.97 Å². The van der Waals surface area contributed by atoms with Gasteiger partial charge in [-0.2, -0.15) is 5.10 Å². The van der Waals surface area contributed by atoms with Gasteiger partial charge in [0, 0.05) is 23.3 Å². The zero-order valence-electron chi connectivity index (χ0n) is 16.8. The fraction of sp³-hybridized carbons (Fsp3) is 0.333. The Hall–Kier alpha value is -2.93. The van der Waals surface area contributed by atoms with Crippen LogP contribution in [0.1, 0.15) is 41.5 Å². The second-order valence-electron chi connectivity index (χ2n) is 7.10. The number of fused-ring (bicyclic) bond motifs is 1. The fourth-order valence-corrected chi connectivity index (χ4v) is 3.22. The largest absolute Gasteiger partial charge is 0.468 e. The average Bonchev–Trinajstić information content (AvgIpc) is 3.11. The van der Waals surface area contributed by atoms with Crippen LogP contribution in [-0.4, -0.2) is 45.2 Å². The van der Waals surface area contributed by atoms with Gasteiger partial charge in [-0.1, -0.05) is 23.7 Å². The molecule has 2 aromatic heterocycles. The predicted molar refractivity (Wildman–Crippen MR) is 111 cm³/mol. The molecule has 0 bridgehead atoms. The molecule has 3 rings (SSSR count). The summed E-state index contributed by atoms with van der Waals surface area (Å²) in [5.41, 5.74) is 2.66. The maximum absolute atomic E-state index is 13.4. The van der Waals surface area contributed by atoms with Crippen LogP contribution >= 0.6 is 11.6 Å². The minimum atomic E-state index is -0.493. The highest BCUT2D eigenvalue weighted by Crippen LogP contribution is 2.23. The Labute approximate surface area is 174 Å². The molecule has 152 valence electrons. The Kier molecular flexibility index (Phi) is 6.17. The second-order valence-corrected chi connectivity index (χ2v) is 7.53. The molecule has 0 atom stereocenters. The van der Waals surface area contributed by atoms with E-state index in [2.05, 4.69) is 10.1 Å². The molecule has 0 saturated carbocycles. The van der Waals surface area contributed by atoms with Gasteiger partial charge in [0.05, 0.1) is 24.3 Å². The molecule has 0 fully saturated rings. The lowest BCUT2D eigenvalue weighted by Crippen LogP contribution is -2.36. The third kappa shape index (κ3) is 4.56.